The van der Waals surface area contributed by atoms with E-state index in [0.717, 1.165) is 19.6 Å². The lowest BCUT2D eigenvalue weighted by Crippen LogP contribution is -2.54. The minimum absolute atomic E-state index is 0.253. The van der Waals surface area contributed by atoms with E-state index in [1.807, 2.05) is 19.2 Å². The van der Waals surface area contributed by atoms with Gasteiger partial charge in [0.15, 0.2) is 0 Å². The van der Waals surface area contributed by atoms with E-state index in [1.54, 1.807) is 12.1 Å². The number of hydrogen-bond acceptors (Lipinski definition) is 4. The zero-order valence-corrected chi connectivity index (χ0v) is 12.1. The lowest BCUT2D eigenvalue weighted by atomic mass is 9.99. The Morgan fingerprint density at radius 1 is 1.40 bits per heavy atom. The monoisotopic (exact) mass is 276 g/mol. The predicted molar refractivity (Wildman–Crippen MR) is 79.0 cm³/mol. The maximum absolute atomic E-state index is 9.35. The number of ether oxygens (including phenoxy) is 1. The Labute approximate surface area is 120 Å². The highest BCUT2D eigenvalue weighted by Gasteiger charge is 2.35. The lowest BCUT2D eigenvalue weighted by Gasteiger charge is -2.38. The van der Waals surface area contributed by atoms with Gasteiger partial charge in [0.25, 0.3) is 0 Å². The van der Waals surface area contributed by atoms with Gasteiger partial charge in [-0.1, -0.05) is 12.1 Å². The second-order valence-electron chi connectivity index (χ2n) is 5.93. The molecule has 3 unspecified atom stereocenters. The van der Waals surface area contributed by atoms with E-state index >= 15 is 0 Å². The summed E-state index contributed by atoms with van der Waals surface area (Å²) in [6, 6.07) is 8.45. The molecule has 2 N–H and O–H groups in total. The highest BCUT2D eigenvalue weighted by atomic mass is 16.5. The van der Waals surface area contributed by atoms with Crippen molar-refractivity contribution in [2.75, 3.05) is 26.7 Å². The molecule has 1 aromatic carbocycles. The van der Waals surface area contributed by atoms with Crippen molar-refractivity contribution >= 4 is 0 Å². The van der Waals surface area contributed by atoms with E-state index in [9.17, 15) is 5.11 Å². The van der Waals surface area contributed by atoms with Gasteiger partial charge in [0.2, 0.25) is 0 Å². The highest BCUT2D eigenvalue weighted by Crippen LogP contribution is 2.24. The van der Waals surface area contributed by atoms with Crippen LogP contribution in [0.15, 0.2) is 24.3 Å². The molecule has 0 amide bonds. The Morgan fingerprint density at radius 2 is 2.20 bits per heavy atom. The molecule has 0 spiro atoms. The van der Waals surface area contributed by atoms with Gasteiger partial charge in [-0.3, -0.25) is 4.90 Å². The van der Waals surface area contributed by atoms with Crippen LogP contribution in [0.25, 0.3) is 0 Å². The van der Waals surface area contributed by atoms with Crippen LogP contribution in [-0.4, -0.2) is 54.9 Å². The fourth-order valence-corrected chi connectivity index (χ4v) is 3.39. The van der Waals surface area contributed by atoms with E-state index in [-0.39, 0.29) is 6.10 Å². The molecule has 2 fully saturated rings. The summed E-state index contributed by atoms with van der Waals surface area (Å²) in [5, 5.41) is 12.8. The van der Waals surface area contributed by atoms with Crippen molar-refractivity contribution in [3.05, 3.63) is 29.8 Å². The van der Waals surface area contributed by atoms with Crippen LogP contribution in [0.2, 0.25) is 0 Å². The largest absolute Gasteiger partial charge is 0.508 e. The lowest BCUT2D eigenvalue weighted by molar-refractivity contribution is -0.0634. The molecule has 0 bridgehead atoms. The van der Waals surface area contributed by atoms with Gasteiger partial charge in [-0.05, 0) is 50.6 Å². The van der Waals surface area contributed by atoms with Gasteiger partial charge in [-0.25, -0.2) is 0 Å². The van der Waals surface area contributed by atoms with Crippen LogP contribution in [0.4, 0.5) is 0 Å². The number of aromatic hydroxyl groups is 1. The van der Waals surface area contributed by atoms with Crippen LogP contribution < -0.4 is 5.32 Å². The predicted octanol–water partition coefficient (Wildman–Crippen LogP) is 1.39. The zero-order chi connectivity index (χ0) is 13.9. The number of rotatable bonds is 4. The van der Waals surface area contributed by atoms with E-state index in [4.69, 9.17) is 4.74 Å². The third-order valence-electron chi connectivity index (χ3n) is 4.63. The summed E-state index contributed by atoms with van der Waals surface area (Å²) in [7, 11) is 2.00. The molecule has 2 aliphatic heterocycles. The van der Waals surface area contributed by atoms with Crippen LogP contribution in [0.5, 0.6) is 5.75 Å². The molecule has 1 aromatic rings. The molecule has 3 rings (SSSR count). The van der Waals surface area contributed by atoms with E-state index in [1.165, 1.54) is 24.9 Å². The minimum Gasteiger partial charge on any atom is -0.508 e. The molecule has 2 heterocycles. The average Bonchev–Trinajstić information content (AvgIpc) is 2.94. The number of phenolic OH excluding ortho intramolecular Hbond substituents is 1. The molecule has 2 aliphatic rings. The Kier molecular flexibility index (Phi) is 4.24. The van der Waals surface area contributed by atoms with Crippen molar-refractivity contribution in [2.24, 2.45) is 0 Å². The SMILES string of the molecule is CNC(Cc1ccc(O)cc1)C1CN2CCCC2CO1. The second kappa shape index (κ2) is 6.12. The number of nitrogens with zero attached hydrogens (tertiary/aromatic N) is 1. The number of phenols is 1. The molecule has 2 saturated heterocycles. The summed E-state index contributed by atoms with van der Waals surface area (Å²) >= 11 is 0. The van der Waals surface area contributed by atoms with Crippen LogP contribution >= 0.6 is 0 Å². The van der Waals surface area contributed by atoms with Gasteiger partial charge in [-0.15, -0.1) is 0 Å². The number of morpholine rings is 1. The van der Waals surface area contributed by atoms with Crippen LogP contribution in [0.3, 0.4) is 0 Å². The highest BCUT2D eigenvalue weighted by molar-refractivity contribution is 5.26. The van der Waals surface area contributed by atoms with Gasteiger partial charge in [-0.2, -0.15) is 0 Å². The molecule has 20 heavy (non-hydrogen) atoms. The normalized spacial score (nSPS) is 28.2. The number of hydrogen-bond donors (Lipinski definition) is 2. The summed E-state index contributed by atoms with van der Waals surface area (Å²) < 4.78 is 6.09. The first kappa shape index (κ1) is 13.9. The van der Waals surface area contributed by atoms with Crippen molar-refractivity contribution in [3.8, 4) is 5.75 Å². The molecule has 0 aromatic heterocycles. The Hall–Kier alpha value is -1.10. The molecule has 4 nitrogen and oxygen atoms in total. The Bertz CT molecular complexity index is 435. The molecular weight excluding hydrogens is 252 g/mol. The fraction of sp³-hybridized carbons (Fsp3) is 0.625. The first-order valence-electron chi connectivity index (χ1n) is 7.57. The quantitative estimate of drug-likeness (QED) is 0.872. The first-order valence-corrected chi connectivity index (χ1v) is 7.57. The van der Waals surface area contributed by atoms with E-state index < -0.39 is 0 Å². The molecule has 0 aliphatic carbocycles. The number of nitrogens with one attached hydrogen (secondary N) is 1. The fourth-order valence-electron chi connectivity index (χ4n) is 3.39. The Balaban J connectivity index is 1.62. The summed E-state index contributed by atoms with van der Waals surface area (Å²) in [4.78, 5) is 2.58. The molecular formula is C16H24N2O2. The number of likely N-dealkylation sites (N-methyl/N-ethyl adjacent to an activating group) is 1. The van der Waals surface area contributed by atoms with Crippen LogP contribution in [0.1, 0.15) is 18.4 Å². The molecule has 0 saturated carbocycles. The third kappa shape index (κ3) is 2.97. The van der Waals surface area contributed by atoms with E-state index in [0.29, 0.717) is 17.8 Å². The summed E-state index contributed by atoms with van der Waals surface area (Å²) in [6.45, 7) is 3.13. The van der Waals surface area contributed by atoms with Crippen molar-refractivity contribution in [3.63, 3.8) is 0 Å². The number of benzene rings is 1. The second-order valence-corrected chi connectivity index (χ2v) is 5.93. The Morgan fingerprint density at radius 3 is 2.95 bits per heavy atom. The van der Waals surface area contributed by atoms with Crippen molar-refractivity contribution in [1.82, 2.24) is 10.2 Å². The van der Waals surface area contributed by atoms with Gasteiger partial charge < -0.3 is 15.2 Å². The standard InChI is InChI=1S/C16H24N2O2/c1-17-15(9-12-4-6-14(19)7-5-12)16-10-18-8-2-3-13(18)11-20-16/h4-7,13,15-17,19H,2-3,8-11H2,1H3. The van der Waals surface area contributed by atoms with Gasteiger partial charge >= 0.3 is 0 Å². The van der Waals surface area contributed by atoms with Crippen molar-refractivity contribution < 1.29 is 9.84 Å². The van der Waals surface area contributed by atoms with Crippen LogP contribution in [0, 0.1) is 0 Å². The molecule has 0 radical (unpaired) electrons. The molecule has 110 valence electrons. The van der Waals surface area contributed by atoms with E-state index in [2.05, 4.69) is 10.2 Å². The first-order chi connectivity index (χ1) is 9.76. The molecule has 3 atom stereocenters. The maximum atomic E-state index is 9.35. The minimum atomic E-state index is 0.253. The van der Waals surface area contributed by atoms with Crippen LogP contribution in [-0.2, 0) is 11.2 Å². The zero-order valence-electron chi connectivity index (χ0n) is 12.1. The van der Waals surface area contributed by atoms with Crippen molar-refractivity contribution in [2.45, 2.75) is 37.5 Å². The van der Waals surface area contributed by atoms with Gasteiger partial charge in [0, 0.05) is 18.6 Å². The van der Waals surface area contributed by atoms with Crippen molar-refractivity contribution in [1.29, 1.82) is 0 Å². The smallest absolute Gasteiger partial charge is 0.115 e. The third-order valence-corrected chi connectivity index (χ3v) is 4.63. The van der Waals surface area contributed by atoms with Gasteiger partial charge in [0.05, 0.1) is 12.7 Å². The average molecular weight is 276 g/mol. The van der Waals surface area contributed by atoms with Gasteiger partial charge in [0.1, 0.15) is 5.75 Å². The molecule has 4 heteroatoms. The topological polar surface area (TPSA) is 44.7 Å². The number of fused-ring (bicyclic) bond motifs is 1. The summed E-state index contributed by atoms with van der Waals surface area (Å²) in [5.74, 6) is 0.323. The summed E-state index contributed by atoms with van der Waals surface area (Å²) in [6.07, 6.45) is 3.78. The summed E-state index contributed by atoms with van der Waals surface area (Å²) in [5.41, 5.74) is 1.23. The maximum Gasteiger partial charge on any atom is 0.115 e.